The topological polar surface area (TPSA) is 132 Å². The summed E-state index contributed by atoms with van der Waals surface area (Å²) in [5.41, 5.74) is -0.787. The normalized spacial score (nSPS) is 14.3. The summed E-state index contributed by atoms with van der Waals surface area (Å²) in [4.78, 5) is 27.7. The van der Waals surface area contributed by atoms with Crippen LogP contribution in [0.5, 0.6) is 0 Å². The highest BCUT2D eigenvalue weighted by Crippen LogP contribution is 2.41. The number of aliphatic imine (C=N–C) groups is 1. The molecule has 0 saturated heterocycles. The van der Waals surface area contributed by atoms with Gasteiger partial charge >= 0.3 is 5.97 Å². The monoisotopic (exact) mass is 432 g/mol. The molecule has 0 saturated carbocycles. The van der Waals surface area contributed by atoms with Crippen LogP contribution in [0.15, 0.2) is 31.3 Å². The number of hydrogen-bond donors (Lipinski definition) is 0. The van der Waals surface area contributed by atoms with E-state index >= 15 is 0 Å². The molecule has 0 radical (unpaired) electrons. The Bertz CT molecular complexity index is 927. The number of rotatable bonds is 6. The minimum atomic E-state index is -4.32. The smallest absolute Gasteiger partial charge is 0.338 e. The maximum Gasteiger partial charge on any atom is 0.338 e. The third kappa shape index (κ3) is 5.20. The molecule has 0 spiro atoms. The summed E-state index contributed by atoms with van der Waals surface area (Å²) in [7, 11) is -0.0705. The van der Waals surface area contributed by atoms with E-state index in [9.17, 15) is 23.3 Å². The summed E-state index contributed by atoms with van der Waals surface area (Å²) in [6.45, 7) is 0.544. The number of methoxy groups -OCH3 is 1. The van der Waals surface area contributed by atoms with Gasteiger partial charge in [0.2, 0.25) is 0 Å². The van der Waals surface area contributed by atoms with Crippen molar-refractivity contribution in [2.24, 2.45) is 9.39 Å². The molecule has 1 aromatic rings. The number of esters is 1. The van der Waals surface area contributed by atoms with Crippen LogP contribution in [-0.4, -0.2) is 68.4 Å². The molecule has 0 unspecified atom stereocenters. The quantitative estimate of drug-likeness (QED) is 0.217. The molecule has 1 aromatic carbocycles. The number of carbonyl (C=O) groups is 1. The molecule has 146 valence electrons. The van der Waals surface area contributed by atoms with Crippen molar-refractivity contribution in [2.75, 3.05) is 33.5 Å². The molecule has 0 atom stereocenters. The second kappa shape index (κ2) is 8.71. The van der Waals surface area contributed by atoms with E-state index in [1.165, 1.54) is 16.7 Å². The van der Waals surface area contributed by atoms with Gasteiger partial charge in [-0.15, -0.1) is 4.40 Å². The zero-order chi connectivity index (χ0) is 20.2. The standard InChI is InChI=1S/C14H16N4O6S3/c1-17(2)8-16-27(22,23)11-7-9(13(19)24-3)6-10(18(20)21)12(11)26-14-15-4-5-25-14/h6-8H,4-5H2,1-3H3/b16-8+. The fourth-order valence-corrected chi connectivity index (χ4v) is 5.42. The van der Waals surface area contributed by atoms with Crippen molar-refractivity contribution in [1.29, 1.82) is 0 Å². The van der Waals surface area contributed by atoms with E-state index in [4.69, 9.17) is 0 Å². The molecule has 2 rings (SSSR count). The van der Waals surface area contributed by atoms with E-state index in [0.29, 0.717) is 16.7 Å². The second-order valence-corrected chi connectivity index (χ2v) is 9.27. The van der Waals surface area contributed by atoms with Gasteiger partial charge in [0.05, 0.1) is 24.1 Å². The van der Waals surface area contributed by atoms with Crippen LogP contribution in [0.1, 0.15) is 10.4 Å². The first-order valence-electron chi connectivity index (χ1n) is 7.38. The summed E-state index contributed by atoms with van der Waals surface area (Å²) in [6.07, 6.45) is 1.06. The van der Waals surface area contributed by atoms with Crippen LogP contribution in [0.2, 0.25) is 0 Å². The van der Waals surface area contributed by atoms with Gasteiger partial charge < -0.3 is 9.64 Å². The molecule has 0 aliphatic carbocycles. The average molecular weight is 433 g/mol. The Labute approximate surface area is 164 Å². The highest BCUT2D eigenvalue weighted by atomic mass is 32.2. The first-order chi connectivity index (χ1) is 12.7. The highest BCUT2D eigenvalue weighted by Gasteiger charge is 2.31. The molecule has 0 aromatic heterocycles. The summed E-state index contributed by atoms with van der Waals surface area (Å²) >= 11 is 2.24. The van der Waals surface area contributed by atoms with E-state index < -0.39 is 31.5 Å². The molecule has 10 nitrogen and oxygen atoms in total. The third-order valence-corrected chi connectivity index (χ3v) is 6.78. The second-order valence-electron chi connectivity index (χ2n) is 5.33. The van der Waals surface area contributed by atoms with Crippen molar-refractivity contribution in [3.8, 4) is 0 Å². The molecule has 1 aliphatic rings. The van der Waals surface area contributed by atoms with Crippen LogP contribution in [0.3, 0.4) is 0 Å². The van der Waals surface area contributed by atoms with Crippen molar-refractivity contribution >= 4 is 55.9 Å². The van der Waals surface area contributed by atoms with Gasteiger partial charge in [0.15, 0.2) is 0 Å². The van der Waals surface area contributed by atoms with Gasteiger partial charge in [-0.05, 0) is 6.07 Å². The van der Waals surface area contributed by atoms with Gasteiger partial charge in [-0.3, -0.25) is 15.1 Å². The zero-order valence-electron chi connectivity index (χ0n) is 14.6. The lowest BCUT2D eigenvalue weighted by Crippen LogP contribution is -2.12. The summed E-state index contributed by atoms with van der Waals surface area (Å²) in [6, 6.07) is 2.02. The molecule has 27 heavy (non-hydrogen) atoms. The van der Waals surface area contributed by atoms with Gasteiger partial charge in [-0.2, -0.15) is 8.42 Å². The number of benzene rings is 1. The number of nitro benzene ring substituents is 1. The van der Waals surface area contributed by atoms with E-state index in [1.807, 2.05) is 0 Å². The lowest BCUT2D eigenvalue weighted by atomic mass is 10.2. The lowest BCUT2D eigenvalue weighted by Gasteiger charge is -2.11. The van der Waals surface area contributed by atoms with Crippen molar-refractivity contribution in [2.45, 2.75) is 9.79 Å². The van der Waals surface area contributed by atoms with Crippen LogP contribution in [-0.2, 0) is 14.8 Å². The Hall–Kier alpha value is -2.12. The highest BCUT2D eigenvalue weighted by molar-refractivity contribution is 8.39. The third-order valence-electron chi connectivity index (χ3n) is 3.09. The predicted octanol–water partition coefficient (Wildman–Crippen LogP) is 1.85. The Kier molecular flexibility index (Phi) is 6.84. The molecular weight excluding hydrogens is 416 g/mol. The Morgan fingerprint density at radius 3 is 2.70 bits per heavy atom. The van der Waals surface area contributed by atoms with Crippen LogP contribution in [0, 0.1) is 10.1 Å². The number of sulfonamides is 1. The minimum Gasteiger partial charge on any atom is -0.465 e. The molecule has 1 aliphatic heterocycles. The number of ether oxygens (including phenoxy) is 1. The van der Waals surface area contributed by atoms with Crippen LogP contribution < -0.4 is 0 Å². The molecule has 0 amide bonds. The van der Waals surface area contributed by atoms with Crippen LogP contribution >= 0.6 is 23.5 Å². The number of hydrogen-bond acceptors (Lipinski definition) is 9. The van der Waals surface area contributed by atoms with Gasteiger partial charge in [-0.1, -0.05) is 23.5 Å². The van der Waals surface area contributed by atoms with E-state index in [0.717, 1.165) is 37.3 Å². The van der Waals surface area contributed by atoms with Crippen molar-refractivity contribution in [1.82, 2.24) is 4.90 Å². The maximum absolute atomic E-state index is 12.7. The van der Waals surface area contributed by atoms with Crippen LogP contribution in [0.25, 0.3) is 0 Å². The molecule has 0 fully saturated rings. The van der Waals surface area contributed by atoms with Crippen LogP contribution in [0.4, 0.5) is 5.69 Å². The molecule has 0 N–H and O–H groups in total. The summed E-state index contributed by atoms with van der Waals surface area (Å²) < 4.78 is 34.0. The number of carbonyl (C=O) groups excluding carboxylic acids is 1. The number of thioether (sulfide) groups is 2. The van der Waals surface area contributed by atoms with Crippen molar-refractivity contribution in [3.05, 3.63) is 27.8 Å². The van der Waals surface area contributed by atoms with Gasteiger partial charge in [0.25, 0.3) is 15.7 Å². The summed E-state index contributed by atoms with van der Waals surface area (Å²) in [5, 5.41) is 11.6. The average Bonchev–Trinajstić information content (AvgIpc) is 3.12. The first kappa shape index (κ1) is 21.2. The van der Waals surface area contributed by atoms with Gasteiger partial charge in [0, 0.05) is 25.9 Å². The zero-order valence-corrected chi connectivity index (χ0v) is 17.1. The van der Waals surface area contributed by atoms with E-state index in [1.54, 1.807) is 14.1 Å². The molecule has 0 bridgehead atoms. The largest absolute Gasteiger partial charge is 0.465 e. The fraction of sp³-hybridized carbons (Fsp3) is 0.357. The molecular formula is C14H16N4O6S3. The lowest BCUT2D eigenvalue weighted by molar-refractivity contribution is -0.388. The molecule has 1 heterocycles. The fourth-order valence-electron chi connectivity index (χ4n) is 1.93. The van der Waals surface area contributed by atoms with E-state index in [-0.39, 0.29) is 10.5 Å². The summed E-state index contributed by atoms with van der Waals surface area (Å²) in [5.74, 6) is -0.188. The predicted molar refractivity (Wildman–Crippen MR) is 104 cm³/mol. The molecule has 13 heteroatoms. The van der Waals surface area contributed by atoms with Crippen molar-refractivity contribution < 1.29 is 22.9 Å². The SMILES string of the molecule is COC(=O)c1cc([N+](=O)[O-])c(SC2=NCCS2)c(S(=O)(=O)/N=C/N(C)C)c1. The van der Waals surface area contributed by atoms with Gasteiger partial charge in [0.1, 0.15) is 20.5 Å². The first-order valence-corrected chi connectivity index (χ1v) is 10.6. The van der Waals surface area contributed by atoms with Crippen molar-refractivity contribution in [3.63, 3.8) is 0 Å². The number of nitro groups is 1. The minimum absolute atomic E-state index is 0.142. The maximum atomic E-state index is 12.7. The Morgan fingerprint density at radius 2 is 2.19 bits per heavy atom. The Morgan fingerprint density at radius 1 is 1.48 bits per heavy atom. The Balaban J connectivity index is 2.73. The number of nitrogens with zero attached hydrogens (tertiary/aromatic N) is 4. The van der Waals surface area contributed by atoms with E-state index in [2.05, 4.69) is 14.1 Å². The van der Waals surface area contributed by atoms with Gasteiger partial charge in [-0.25, -0.2) is 4.79 Å².